The van der Waals surface area contributed by atoms with Crippen molar-refractivity contribution in [2.24, 2.45) is 0 Å². The lowest BCUT2D eigenvalue weighted by Crippen LogP contribution is -2.23. The Morgan fingerprint density at radius 2 is 2.07 bits per heavy atom. The fraction of sp³-hybridized carbons (Fsp3) is 0.238. The summed E-state index contributed by atoms with van der Waals surface area (Å²) in [6, 6.07) is 16.1. The van der Waals surface area contributed by atoms with Crippen LogP contribution in [0.2, 0.25) is 0 Å². The van der Waals surface area contributed by atoms with Crippen LogP contribution in [0.3, 0.4) is 0 Å². The van der Waals surface area contributed by atoms with Gasteiger partial charge in [0.15, 0.2) is 0 Å². The van der Waals surface area contributed by atoms with Crippen LogP contribution in [0.15, 0.2) is 58.4 Å². The molecule has 2 heterocycles. The second-order valence-corrected chi connectivity index (χ2v) is 7.77. The zero-order valence-electron chi connectivity index (χ0n) is 16.2. The minimum absolute atomic E-state index is 0.271. The molecule has 29 heavy (non-hydrogen) atoms. The number of carbonyl (C=O) groups excluding carboxylic acids is 1. The first-order valence-corrected chi connectivity index (χ1v) is 10.1. The van der Waals surface area contributed by atoms with Crippen molar-refractivity contribution in [1.29, 1.82) is 5.26 Å². The maximum Gasteiger partial charge on any atom is 0.273 e. The summed E-state index contributed by atoms with van der Waals surface area (Å²) in [5.74, 6) is 0.0209. The monoisotopic (exact) mass is 407 g/mol. The number of nitriles is 1. The number of benzene rings is 1. The number of aromatic amines is 1. The van der Waals surface area contributed by atoms with Gasteiger partial charge in [0.1, 0.15) is 16.9 Å². The van der Waals surface area contributed by atoms with E-state index in [9.17, 15) is 14.9 Å². The number of aromatic nitrogens is 3. The third-order valence-corrected chi connectivity index (χ3v) is 5.30. The summed E-state index contributed by atoms with van der Waals surface area (Å²) in [5, 5.41) is 15.0. The number of hydrogen-bond acceptors (Lipinski definition) is 5. The first-order chi connectivity index (χ1) is 14.0. The van der Waals surface area contributed by atoms with Gasteiger partial charge < -0.3 is 5.32 Å². The molecule has 2 N–H and O–H groups in total. The number of hydrogen-bond donors (Lipinski definition) is 2. The molecule has 0 radical (unpaired) electrons. The number of carbonyl (C=O) groups is 1. The number of rotatable bonds is 7. The Morgan fingerprint density at radius 3 is 2.76 bits per heavy atom. The Bertz CT molecular complexity index is 1100. The SMILES string of the molecule is CCCc1ccc(C#N)c(SC(C)C(=O)Nc2cc(=O)n(-c3ccccc3)[nH]2)n1. The van der Waals surface area contributed by atoms with Gasteiger partial charge in [-0.05, 0) is 37.6 Å². The smallest absolute Gasteiger partial charge is 0.273 e. The molecular weight excluding hydrogens is 386 g/mol. The number of para-hydroxylation sites is 1. The highest BCUT2D eigenvalue weighted by Gasteiger charge is 2.19. The van der Waals surface area contributed by atoms with Gasteiger partial charge in [-0.2, -0.15) is 5.26 Å². The molecule has 1 aromatic carbocycles. The Morgan fingerprint density at radius 1 is 1.31 bits per heavy atom. The molecule has 3 aromatic rings. The van der Waals surface area contributed by atoms with Gasteiger partial charge in [0.25, 0.3) is 5.56 Å². The minimum Gasteiger partial charge on any atom is -0.310 e. The lowest BCUT2D eigenvalue weighted by atomic mass is 10.2. The fourth-order valence-electron chi connectivity index (χ4n) is 2.73. The van der Waals surface area contributed by atoms with Gasteiger partial charge >= 0.3 is 0 Å². The number of nitrogens with one attached hydrogen (secondary N) is 2. The standard InChI is InChI=1S/C21H21N5O2S/c1-3-7-16-11-10-15(13-22)21(23-16)29-14(2)20(28)24-18-12-19(27)26(25-18)17-8-5-4-6-9-17/h4-6,8-12,14,25H,3,7H2,1-2H3,(H,24,28). The van der Waals surface area contributed by atoms with Gasteiger partial charge in [0.05, 0.1) is 16.5 Å². The van der Waals surface area contributed by atoms with E-state index in [0.717, 1.165) is 18.5 Å². The molecule has 0 spiro atoms. The van der Waals surface area contributed by atoms with Gasteiger partial charge in [-0.15, -0.1) is 0 Å². The molecule has 0 bridgehead atoms. The molecule has 0 aliphatic rings. The Hall–Kier alpha value is -3.31. The third kappa shape index (κ3) is 4.95. The molecule has 0 fully saturated rings. The second kappa shape index (κ2) is 9.26. The van der Waals surface area contributed by atoms with E-state index in [2.05, 4.69) is 28.4 Å². The number of H-pyrrole nitrogens is 1. The second-order valence-electron chi connectivity index (χ2n) is 6.45. The molecule has 0 aliphatic carbocycles. The molecule has 3 rings (SSSR count). The molecule has 8 heteroatoms. The van der Waals surface area contributed by atoms with Crippen molar-refractivity contribution in [2.45, 2.75) is 37.0 Å². The van der Waals surface area contributed by atoms with E-state index in [0.29, 0.717) is 22.1 Å². The number of amides is 1. The molecule has 2 aromatic heterocycles. The quantitative estimate of drug-likeness (QED) is 0.584. The van der Waals surface area contributed by atoms with Crippen LogP contribution >= 0.6 is 11.8 Å². The number of thioether (sulfide) groups is 1. The zero-order valence-corrected chi connectivity index (χ0v) is 17.0. The summed E-state index contributed by atoms with van der Waals surface area (Å²) in [4.78, 5) is 29.3. The summed E-state index contributed by atoms with van der Waals surface area (Å²) < 4.78 is 1.36. The van der Waals surface area contributed by atoms with Gasteiger partial charge in [-0.1, -0.05) is 43.3 Å². The van der Waals surface area contributed by atoms with Crippen LogP contribution in [0.1, 0.15) is 31.5 Å². The highest BCUT2D eigenvalue weighted by atomic mass is 32.2. The lowest BCUT2D eigenvalue weighted by molar-refractivity contribution is -0.115. The Labute approximate surface area is 172 Å². The summed E-state index contributed by atoms with van der Waals surface area (Å²) in [6.07, 6.45) is 1.76. The maximum absolute atomic E-state index is 12.6. The van der Waals surface area contributed by atoms with Crippen molar-refractivity contribution in [3.63, 3.8) is 0 Å². The van der Waals surface area contributed by atoms with Crippen molar-refractivity contribution < 1.29 is 4.79 Å². The van der Waals surface area contributed by atoms with E-state index in [4.69, 9.17) is 0 Å². The number of nitrogens with zero attached hydrogens (tertiary/aromatic N) is 3. The molecular formula is C21H21N5O2S. The van der Waals surface area contributed by atoms with Gasteiger partial charge in [-0.25, -0.2) is 9.67 Å². The minimum atomic E-state index is -0.505. The van der Waals surface area contributed by atoms with Crippen LogP contribution in [0, 0.1) is 11.3 Å². The first-order valence-electron chi connectivity index (χ1n) is 9.27. The van der Waals surface area contributed by atoms with Crippen LogP contribution < -0.4 is 10.9 Å². The summed E-state index contributed by atoms with van der Waals surface area (Å²) in [5.41, 5.74) is 1.74. The topological polar surface area (TPSA) is 104 Å². The highest BCUT2D eigenvalue weighted by molar-refractivity contribution is 8.00. The van der Waals surface area contributed by atoms with E-state index < -0.39 is 5.25 Å². The van der Waals surface area contributed by atoms with Crippen LogP contribution in [0.25, 0.3) is 5.69 Å². The van der Waals surface area contributed by atoms with Gasteiger partial charge in [0.2, 0.25) is 5.91 Å². The molecule has 7 nitrogen and oxygen atoms in total. The van der Waals surface area contributed by atoms with Crippen molar-refractivity contribution >= 4 is 23.5 Å². The third-order valence-electron chi connectivity index (χ3n) is 4.19. The van der Waals surface area contributed by atoms with Crippen molar-refractivity contribution in [3.8, 4) is 11.8 Å². The molecule has 0 saturated heterocycles. The first kappa shape index (κ1) is 20.4. The average molecular weight is 407 g/mol. The van der Waals surface area contributed by atoms with Crippen molar-refractivity contribution in [3.05, 3.63) is 70.1 Å². The predicted octanol–water partition coefficient (Wildman–Crippen LogP) is 3.50. The number of anilines is 1. The van der Waals surface area contributed by atoms with Crippen LogP contribution in [0.5, 0.6) is 0 Å². The number of aryl methyl sites for hydroxylation is 1. The van der Waals surface area contributed by atoms with Crippen molar-refractivity contribution in [1.82, 2.24) is 14.8 Å². The largest absolute Gasteiger partial charge is 0.310 e. The molecule has 148 valence electrons. The van der Waals surface area contributed by atoms with E-state index in [1.807, 2.05) is 24.3 Å². The molecule has 1 amide bonds. The van der Waals surface area contributed by atoms with E-state index in [1.54, 1.807) is 25.1 Å². The van der Waals surface area contributed by atoms with Gasteiger partial charge in [-0.3, -0.25) is 14.7 Å². The Balaban J connectivity index is 1.73. The highest BCUT2D eigenvalue weighted by Crippen LogP contribution is 2.26. The van der Waals surface area contributed by atoms with Crippen molar-refractivity contribution in [2.75, 3.05) is 5.32 Å². The summed E-state index contributed by atoms with van der Waals surface area (Å²) >= 11 is 1.23. The fourth-order valence-corrected chi connectivity index (χ4v) is 3.64. The molecule has 1 atom stereocenters. The molecule has 0 aliphatic heterocycles. The van der Waals surface area contributed by atoms with Crippen LogP contribution in [0.4, 0.5) is 5.82 Å². The van der Waals surface area contributed by atoms with Crippen LogP contribution in [-0.2, 0) is 11.2 Å². The summed E-state index contributed by atoms with van der Waals surface area (Å²) in [6.45, 7) is 3.80. The number of pyridine rings is 1. The van der Waals surface area contributed by atoms with E-state index >= 15 is 0 Å². The van der Waals surface area contributed by atoms with Gasteiger partial charge in [0, 0.05) is 11.8 Å². The van der Waals surface area contributed by atoms with Crippen LogP contribution in [-0.4, -0.2) is 25.9 Å². The average Bonchev–Trinajstić information content (AvgIpc) is 3.09. The summed E-state index contributed by atoms with van der Waals surface area (Å²) in [7, 11) is 0. The normalized spacial score (nSPS) is 11.6. The predicted molar refractivity (Wildman–Crippen MR) is 113 cm³/mol. The molecule has 1 unspecified atom stereocenters. The maximum atomic E-state index is 12.6. The van der Waals surface area contributed by atoms with E-state index in [1.165, 1.54) is 22.5 Å². The lowest BCUT2D eigenvalue weighted by Gasteiger charge is -2.12. The van der Waals surface area contributed by atoms with E-state index in [-0.39, 0.29) is 11.5 Å². The zero-order chi connectivity index (χ0) is 20.8. The molecule has 0 saturated carbocycles. The Kier molecular flexibility index (Phi) is 6.52.